The molecule has 6 nitrogen and oxygen atoms in total. The highest BCUT2D eigenvalue weighted by Crippen LogP contribution is 2.19. The molecule has 112 valence electrons. The summed E-state index contributed by atoms with van der Waals surface area (Å²) in [5.41, 5.74) is 1.33. The summed E-state index contributed by atoms with van der Waals surface area (Å²) in [6, 6.07) is 5.70. The molecular weight excluding hydrogens is 288 g/mol. The van der Waals surface area contributed by atoms with E-state index in [1.807, 2.05) is 25.1 Å². The van der Waals surface area contributed by atoms with Crippen molar-refractivity contribution in [1.29, 1.82) is 0 Å². The molecule has 7 heteroatoms. The van der Waals surface area contributed by atoms with Gasteiger partial charge in [-0.1, -0.05) is 6.07 Å². The molecule has 1 amide bonds. The van der Waals surface area contributed by atoms with Gasteiger partial charge in [0, 0.05) is 31.3 Å². The number of aromatic nitrogens is 2. The highest BCUT2D eigenvalue weighted by atomic mass is 32.1. The van der Waals surface area contributed by atoms with Crippen LogP contribution in [0.5, 0.6) is 0 Å². The number of hydrogen-bond acceptors (Lipinski definition) is 6. The molecule has 2 N–H and O–H groups in total. The lowest BCUT2D eigenvalue weighted by Gasteiger charge is -2.03. The van der Waals surface area contributed by atoms with Gasteiger partial charge in [-0.25, -0.2) is 9.97 Å². The van der Waals surface area contributed by atoms with E-state index in [1.165, 1.54) is 11.3 Å². The summed E-state index contributed by atoms with van der Waals surface area (Å²) >= 11 is 1.37. The minimum absolute atomic E-state index is 0.174. The third-order valence-electron chi connectivity index (χ3n) is 2.67. The van der Waals surface area contributed by atoms with Gasteiger partial charge in [-0.2, -0.15) is 0 Å². The van der Waals surface area contributed by atoms with Crippen LogP contribution in [0.4, 0.5) is 10.9 Å². The maximum Gasteiger partial charge on any atom is 0.270 e. The van der Waals surface area contributed by atoms with E-state index in [1.54, 1.807) is 12.5 Å². The van der Waals surface area contributed by atoms with E-state index < -0.39 is 0 Å². The van der Waals surface area contributed by atoms with Crippen LogP contribution in [0, 0.1) is 6.92 Å². The molecule has 2 heterocycles. The maximum absolute atomic E-state index is 11.9. The molecule has 2 aromatic rings. The molecule has 0 bridgehead atoms. The van der Waals surface area contributed by atoms with E-state index >= 15 is 0 Å². The lowest BCUT2D eigenvalue weighted by Crippen LogP contribution is -2.25. The van der Waals surface area contributed by atoms with Crippen molar-refractivity contribution in [2.24, 2.45) is 0 Å². The topological polar surface area (TPSA) is 76.1 Å². The zero-order chi connectivity index (χ0) is 15.1. The Kier molecular flexibility index (Phi) is 5.65. The van der Waals surface area contributed by atoms with Gasteiger partial charge in [0.15, 0.2) is 5.13 Å². The fourth-order valence-corrected chi connectivity index (χ4v) is 2.36. The molecule has 2 aromatic heterocycles. The van der Waals surface area contributed by atoms with Gasteiger partial charge in [0.25, 0.3) is 5.91 Å². The molecule has 0 aliphatic heterocycles. The highest BCUT2D eigenvalue weighted by molar-refractivity contribution is 7.14. The third kappa shape index (κ3) is 4.80. The Bertz CT molecular complexity index is 600. The molecule has 0 aliphatic carbocycles. The molecule has 0 unspecified atom stereocenters. The maximum atomic E-state index is 11.9. The smallest absolute Gasteiger partial charge is 0.270 e. The Labute approximate surface area is 127 Å². The molecule has 0 saturated heterocycles. The van der Waals surface area contributed by atoms with Crippen molar-refractivity contribution in [2.45, 2.75) is 13.3 Å². The van der Waals surface area contributed by atoms with Crippen molar-refractivity contribution in [2.75, 3.05) is 25.6 Å². The van der Waals surface area contributed by atoms with Gasteiger partial charge < -0.3 is 15.4 Å². The van der Waals surface area contributed by atoms with Crippen molar-refractivity contribution in [1.82, 2.24) is 15.3 Å². The van der Waals surface area contributed by atoms with Crippen molar-refractivity contribution in [3.8, 4) is 0 Å². The van der Waals surface area contributed by atoms with Crippen LogP contribution in [0.3, 0.4) is 0 Å². The normalized spacial score (nSPS) is 10.4. The first kappa shape index (κ1) is 15.4. The Balaban J connectivity index is 1.90. The summed E-state index contributed by atoms with van der Waals surface area (Å²) in [6.07, 6.45) is 0.782. The second-order valence-corrected chi connectivity index (χ2v) is 5.29. The minimum atomic E-state index is -0.174. The first-order valence-corrected chi connectivity index (χ1v) is 7.50. The number of rotatable bonds is 7. The fourth-order valence-electron chi connectivity index (χ4n) is 1.67. The molecule has 0 fully saturated rings. The second kappa shape index (κ2) is 7.70. The summed E-state index contributed by atoms with van der Waals surface area (Å²) in [7, 11) is 1.64. The highest BCUT2D eigenvalue weighted by Gasteiger charge is 2.10. The number of pyridine rings is 1. The average molecular weight is 306 g/mol. The van der Waals surface area contributed by atoms with Crippen LogP contribution in [0.25, 0.3) is 0 Å². The Morgan fingerprint density at radius 2 is 2.24 bits per heavy atom. The van der Waals surface area contributed by atoms with Gasteiger partial charge in [-0.3, -0.25) is 4.79 Å². The van der Waals surface area contributed by atoms with Crippen molar-refractivity contribution >= 4 is 28.2 Å². The average Bonchev–Trinajstić information content (AvgIpc) is 2.92. The molecule has 0 atom stereocenters. The van der Waals surface area contributed by atoms with Gasteiger partial charge in [0.2, 0.25) is 0 Å². The van der Waals surface area contributed by atoms with Crippen LogP contribution >= 0.6 is 11.3 Å². The van der Waals surface area contributed by atoms with Crippen LogP contribution in [0.2, 0.25) is 0 Å². The summed E-state index contributed by atoms with van der Waals surface area (Å²) < 4.78 is 4.93. The summed E-state index contributed by atoms with van der Waals surface area (Å²) in [5, 5.41) is 8.27. The fraction of sp³-hybridized carbons (Fsp3) is 0.357. The second-order valence-electron chi connectivity index (χ2n) is 4.43. The lowest BCUT2D eigenvalue weighted by atomic mass is 10.4. The monoisotopic (exact) mass is 306 g/mol. The number of nitrogens with zero attached hydrogens (tertiary/aromatic N) is 2. The Hall–Kier alpha value is -1.99. The van der Waals surface area contributed by atoms with Crippen LogP contribution in [-0.4, -0.2) is 36.1 Å². The van der Waals surface area contributed by atoms with Crippen molar-refractivity contribution < 1.29 is 9.53 Å². The molecule has 0 saturated carbocycles. The van der Waals surface area contributed by atoms with Crippen LogP contribution in [0.15, 0.2) is 23.6 Å². The van der Waals surface area contributed by atoms with E-state index in [0.29, 0.717) is 24.0 Å². The summed E-state index contributed by atoms with van der Waals surface area (Å²) in [5.74, 6) is 0.545. The van der Waals surface area contributed by atoms with Gasteiger partial charge in [-0.05, 0) is 25.5 Å². The predicted molar refractivity (Wildman–Crippen MR) is 83.2 cm³/mol. The van der Waals surface area contributed by atoms with Crippen LogP contribution < -0.4 is 10.6 Å². The molecular formula is C14H18N4O2S. The summed E-state index contributed by atoms with van der Waals surface area (Å²) in [6.45, 7) is 3.13. The van der Waals surface area contributed by atoms with Gasteiger partial charge in [0.05, 0.1) is 0 Å². The number of hydrogen-bond donors (Lipinski definition) is 2. The van der Waals surface area contributed by atoms with E-state index in [-0.39, 0.29) is 5.91 Å². The van der Waals surface area contributed by atoms with Gasteiger partial charge in [-0.15, -0.1) is 11.3 Å². The SMILES string of the molecule is COCCCNC(=O)c1csc(Nc2cccc(C)n2)n1. The minimum Gasteiger partial charge on any atom is -0.385 e. The van der Waals surface area contributed by atoms with E-state index in [0.717, 1.165) is 17.9 Å². The standard InChI is InChI=1S/C14H18N4O2S/c1-10-5-3-6-12(16-10)18-14-17-11(9-21-14)13(19)15-7-4-8-20-2/h3,5-6,9H,4,7-8H2,1-2H3,(H,15,19)(H,16,17,18). The quantitative estimate of drug-likeness (QED) is 0.768. The zero-order valence-corrected chi connectivity index (χ0v) is 12.9. The largest absolute Gasteiger partial charge is 0.385 e. The van der Waals surface area contributed by atoms with Crippen molar-refractivity contribution in [3.05, 3.63) is 35.0 Å². The van der Waals surface area contributed by atoms with Gasteiger partial charge in [0.1, 0.15) is 11.5 Å². The first-order chi connectivity index (χ1) is 10.2. The van der Waals surface area contributed by atoms with E-state index in [4.69, 9.17) is 4.74 Å². The van der Waals surface area contributed by atoms with Crippen molar-refractivity contribution in [3.63, 3.8) is 0 Å². The number of carbonyl (C=O) groups is 1. The number of amides is 1. The number of methoxy groups -OCH3 is 1. The zero-order valence-electron chi connectivity index (χ0n) is 12.0. The van der Waals surface area contributed by atoms with E-state index in [9.17, 15) is 4.79 Å². The molecule has 21 heavy (non-hydrogen) atoms. The van der Waals surface area contributed by atoms with Gasteiger partial charge >= 0.3 is 0 Å². The summed E-state index contributed by atoms with van der Waals surface area (Å²) in [4.78, 5) is 20.5. The number of aryl methyl sites for hydroxylation is 1. The number of anilines is 2. The van der Waals surface area contributed by atoms with E-state index in [2.05, 4.69) is 20.6 Å². The Morgan fingerprint density at radius 1 is 1.38 bits per heavy atom. The lowest BCUT2D eigenvalue weighted by molar-refractivity contribution is 0.0944. The number of nitrogens with one attached hydrogen (secondary N) is 2. The first-order valence-electron chi connectivity index (χ1n) is 6.62. The molecule has 0 spiro atoms. The number of thiazole rings is 1. The molecule has 0 radical (unpaired) electrons. The molecule has 0 aliphatic rings. The number of ether oxygens (including phenoxy) is 1. The Morgan fingerprint density at radius 3 is 3.00 bits per heavy atom. The molecule has 2 rings (SSSR count). The number of carbonyl (C=O) groups excluding carboxylic acids is 1. The third-order valence-corrected chi connectivity index (χ3v) is 3.43. The van der Waals surface area contributed by atoms with Crippen LogP contribution in [-0.2, 0) is 4.74 Å². The predicted octanol–water partition coefficient (Wildman–Crippen LogP) is 2.36. The molecule has 0 aromatic carbocycles. The van der Waals surface area contributed by atoms with Crippen LogP contribution in [0.1, 0.15) is 22.6 Å².